The zero-order chi connectivity index (χ0) is 18.3. The highest BCUT2D eigenvalue weighted by molar-refractivity contribution is 5.83. The molecule has 0 aliphatic rings. The normalized spacial score (nSPS) is 11.9. The van der Waals surface area contributed by atoms with Crippen LogP contribution in [-0.4, -0.2) is 23.0 Å². The van der Waals surface area contributed by atoms with Crippen LogP contribution in [0.1, 0.15) is 76.7 Å². The number of aliphatic carboxylic acids is 1. The first-order valence-corrected chi connectivity index (χ1v) is 9.69. The Morgan fingerprint density at radius 2 is 1.48 bits per heavy atom. The molecule has 4 heteroatoms. The summed E-state index contributed by atoms with van der Waals surface area (Å²) in [6, 6.07) is 8.54. The quantitative estimate of drug-likeness (QED) is 0.479. The lowest BCUT2D eigenvalue weighted by molar-refractivity contribution is -0.141. The number of nitrogens with one attached hydrogen (secondary N) is 1. The molecule has 0 aromatic heterocycles. The molecule has 140 valence electrons. The Kier molecular flexibility index (Phi) is 11.4. The van der Waals surface area contributed by atoms with Crippen LogP contribution in [0.5, 0.6) is 0 Å². The predicted molar refractivity (Wildman–Crippen MR) is 102 cm³/mol. The summed E-state index contributed by atoms with van der Waals surface area (Å²) in [4.78, 5) is 23.3. The number of carboxylic acid groups (broad SMARTS) is 1. The largest absolute Gasteiger partial charge is 0.480 e. The molecule has 0 aliphatic heterocycles. The summed E-state index contributed by atoms with van der Waals surface area (Å²) in [6.07, 6.45) is 11.5. The molecule has 0 heterocycles. The second-order valence-corrected chi connectivity index (χ2v) is 6.73. The SMILES string of the molecule is CCCCCCCCCCCC(=O)NC(Cc1ccccc1)C(=O)O. The van der Waals surface area contributed by atoms with Crippen LogP contribution in [0.3, 0.4) is 0 Å². The van der Waals surface area contributed by atoms with E-state index in [1.807, 2.05) is 30.3 Å². The molecular weight excluding hydrogens is 314 g/mol. The van der Waals surface area contributed by atoms with E-state index >= 15 is 0 Å². The fourth-order valence-corrected chi connectivity index (χ4v) is 2.91. The highest BCUT2D eigenvalue weighted by Crippen LogP contribution is 2.11. The fourth-order valence-electron chi connectivity index (χ4n) is 2.91. The van der Waals surface area contributed by atoms with E-state index < -0.39 is 12.0 Å². The van der Waals surface area contributed by atoms with E-state index in [2.05, 4.69) is 12.2 Å². The molecule has 1 atom stereocenters. The molecule has 1 aromatic carbocycles. The van der Waals surface area contributed by atoms with E-state index in [1.54, 1.807) is 0 Å². The predicted octanol–water partition coefficient (Wildman–Crippen LogP) is 4.72. The molecule has 1 amide bonds. The number of amides is 1. The van der Waals surface area contributed by atoms with Gasteiger partial charge in [-0.05, 0) is 12.0 Å². The van der Waals surface area contributed by atoms with Crippen molar-refractivity contribution in [3.63, 3.8) is 0 Å². The Balaban J connectivity index is 2.15. The Labute approximate surface area is 152 Å². The van der Waals surface area contributed by atoms with E-state index in [0.29, 0.717) is 12.8 Å². The number of carbonyl (C=O) groups excluding carboxylic acids is 1. The number of carboxylic acids is 1. The van der Waals surface area contributed by atoms with Gasteiger partial charge in [0.2, 0.25) is 5.91 Å². The molecule has 0 fully saturated rings. The lowest BCUT2D eigenvalue weighted by atomic mass is 10.0. The maximum atomic E-state index is 12.0. The summed E-state index contributed by atoms with van der Waals surface area (Å²) in [6.45, 7) is 2.22. The van der Waals surface area contributed by atoms with Gasteiger partial charge in [-0.25, -0.2) is 4.79 Å². The molecule has 0 saturated heterocycles. The number of benzene rings is 1. The first-order valence-electron chi connectivity index (χ1n) is 9.69. The first-order chi connectivity index (χ1) is 12.1. The van der Waals surface area contributed by atoms with Crippen molar-refractivity contribution in [2.75, 3.05) is 0 Å². The van der Waals surface area contributed by atoms with Crippen molar-refractivity contribution >= 4 is 11.9 Å². The van der Waals surface area contributed by atoms with Crippen LogP contribution in [0.2, 0.25) is 0 Å². The van der Waals surface area contributed by atoms with Crippen LogP contribution in [0.15, 0.2) is 30.3 Å². The Morgan fingerprint density at radius 1 is 0.920 bits per heavy atom. The number of carbonyl (C=O) groups is 2. The van der Waals surface area contributed by atoms with Crippen LogP contribution in [0.4, 0.5) is 0 Å². The third-order valence-corrected chi connectivity index (χ3v) is 4.42. The van der Waals surface area contributed by atoms with Gasteiger partial charge in [0.1, 0.15) is 6.04 Å². The summed E-state index contributed by atoms with van der Waals surface area (Å²) >= 11 is 0. The monoisotopic (exact) mass is 347 g/mol. The van der Waals surface area contributed by atoms with Crippen molar-refractivity contribution < 1.29 is 14.7 Å². The summed E-state index contributed by atoms with van der Waals surface area (Å²) in [5, 5.41) is 12.0. The number of unbranched alkanes of at least 4 members (excludes halogenated alkanes) is 8. The highest BCUT2D eigenvalue weighted by Gasteiger charge is 2.19. The van der Waals surface area contributed by atoms with Crippen molar-refractivity contribution in [1.29, 1.82) is 0 Å². The van der Waals surface area contributed by atoms with Gasteiger partial charge in [0.05, 0.1) is 0 Å². The lowest BCUT2D eigenvalue weighted by Gasteiger charge is -2.14. The van der Waals surface area contributed by atoms with Gasteiger partial charge in [0, 0.05) is 12.8 Å². The minimum atomic E-state index is -0.982. The summed E-state index contributed by atoms with van der Waals surface area (Å²) in [7, 11) is 0. The maximum Gasteiger partial charge on any atom is 0.326 e. The molecule has 0 saturated carbocycles. The second kappa shape index (κ2) is 13.5. The molecule has 1 unspecified atom stereocenters. The van der Waals surface area contributed by atoms with Crippen molar-refractivity contribution in [2.45, 2.75) is 83.6 Å². The van der Waals surface area contributed by atoms with Crippen molar-refractivity contribution in [3.05, 3.63) is 35.9 Å². The van der Waals surface area contributed by atoms with E-state index in [0.717, 1.165) is 24.8 Å². The van der Waals surface area contributed by atoms with Gasteiger partial charge >= 0.3 is 5.97 Å². The van der Waals surface area contributed by atoms with Gasteiger partial charge in [-0.3, -0.25) is 4.79 Å². The molecule has 1 aromatic rings. The van der Waals surface area contributed by atoms with Gasteiger partial charge in [0.25, 0.3) is 0 Å². The molecule has 25 heavy (non-hydrogen) atoms. The molecular formula is C21H33NO3. The van der Waals surface area contributed by atoms with Gasteiger partial charge in [-0.1, -0.05) is 88.6 Å². The second-order valence-electron chi connectivity index (χ2n) is 6.73. The summed E-state index contributed by atoms with van der Waals surface area (Å²) in [5.41, 5.74) is 0.915. The highest BCUT2D eigenvalue weighted by atomic mass is 16.4. The van der Waals surface area contributed by atoms with E-state index in [9.17, 15) is 14.7 Å². The summed E-state index contributed by atoms with van der Waals surface area (Å²) in [5.74, 6) is -1.14. The van der Waals surface area contributed by atoms with Gasteiger partial charge < -0.3 is 10.4 Å². The van der Waals surface area contributed by atoms with Crippen LogP contribution in [0.25, 0.3) is 0 Å². The summed E-state index contributed by atoms with van der Waals surface area (Å²) < 4.78 is 0. The Bertz CT molecular complexity index is 487. The van der Waals surface area contributed by atoms with Gasteiger partial charge in [0.15, 0.2) is 0 Å². The Hall–Kier alpha value is -1.84. The maximum absolute atomic E-state index is 12.0. The fraction of sp³-hybridized carbons (Fsp3) is 0.619. The van der Waals surface area contributed by atoms with Crippen LogP contribution in [0, 0.1) is 0 Å². The standard InChI is InChI=1S/C21H33NO3/c1-2-3-4-5-6-7-8-9-13-16-20(23)22-19(21(24)25)17-18-14-11-10-12-15-18/h10-12,14-15,19H,2-9,13,16-17H2,1H3,(H,22,23)(H,24,25). The van der Waals surface area contributed by atoms with E-state index in [-0.39, 0.29) is 5.91 Å². The first kappa shape index (κ1) is 21.2. The van der Waals surface area contributed by atoms with Crippen LogP contribution >= 0.6 is 0 Å². The Morgan fingerprint density at radius 3 is 2.04 bits per heavy atom. The van der Waals surface area contributed by atoms with Gasteiger partial charge in [-0.2, -0.15) is 0 Å². The minimum absolute atomic E-state index is 0.161. The average Bonchev–Trinajstić information content (AvgIpc) is 2.60. The molecule has 0 bridgehead atoms. The van der Waals surface area contributed by atoms with Crippen LogP contribution in [-0.2, 0) is 16.0 Å². The lowest BCUT2D eigenvalue weighted by Crippen LogP contribution is -2.42. The van der Waals surface area contributed by atoms with Gasteiger partial charge in [-0.15, -0.1) is 0 Å². The molecule has 0 spiro atoms. The third kappa shape index (κ3) is 10.6. The minimum Gasteiger partial charge on any atom is -0.480 e. The van der Waals surface area contributed by atoms with Crippen LogP contribution < -0.4 is 5.32 Å². The topological polar surface area (TPSA) is 66.4 Å². The van der Waals surface area contributed by atoms with E-state index in [1.165, 1.54) is 38.5 Å². The number of rotatable bonds is 14. The molecule has 0 radical (unpaired) electrons. The molecule has 1 rings (SSSR count). The average molecular weight is 347 g/mol. The molecule has 4 nitrogen and oxygen atoms in total. The third-order valence-electron chi connectivity index (χ3n) is 4.42. The van der Waals surface area contributed by atoms with Crippen molar-refractivity contribution in [1.82, 2.24) is 5.32 Å². The zero-order valence-electron chi connectivity index (χ0n) is 15.5. The molecule has 0 aliphatic carbocycles. The smallest absolute Gasteiger partial charge is 0.326 e. The zero-order valence-corrected chi connectivity index (χ0v) is 15.5. The van der Waals surface area contributed by atoms with Crippen molar-refractivity contribution in [2.24, 2.45) is 0 Å². The number of hydrogen-bond acceptors (Lipinski definition) is 2. The number of hydrogen-bond donors (Lipinski definition) is 2. The van der Waals surface area contributed by atoms with E-state index in [4.69, 9.17) is 0 Å². The molecule has 2 N–H and O–H groups in total. The van der Waals surface area contributed by atoms with Crippen molar-refractivity contribution in [3.8, 4) is 0 Å².